The van der Waals surface area contributed by atoms with E-state index in [0.717, 1.165) is 0 Å². The molecule has 96 valence electrons. The molecular weight excluding hydrogens is 292 g/mol. The number of likely N-dealkylation sites (tertiary alicyclic amines) is 1. The van der Waals surface area contributed by atoms with Gasteiger partial charge in [0, 0.05) is 4.48 Å². The molecule has 2 N–H and O–H groups in total. The molecule has 0 saturated carbocycles. The summed E-state index contributed by atoms with van der Waals surface area (Å²) >= 11 is 3.14. The average Bonchev–Trinajstić information content (AvgIpc) is 2.19. The molecule has 6 nitrogen and oxygen atoms in total. The van der Waals surface area contributed by atoms with E-state index >= 15 is 0 Å². The molecule has 0 bridgehead atoms. The van der Waals surface area contributed by atoms with Crippen LogP contribution >= 0.6 is 15.9 Å². The molecule has 0 unspecified atom stereocenters. The Kier molecular flexibility index (Phi) is 4.53. The molecule has 0 radical (unpaired) electrons. The molecule has 17 heavy (non-hydrogen) atoms. The lowest BCUT2D eigenvalue weighted by atomic mass is 9.97. The van der Waals surface area contributed by atoms with Crippen molar-refractivity contribution in [1.29, 1.82) is 0 Å². The van der Waals surface area contributed by atoms with Gasteiger partial charge in [-0.3, -0.25) is 0 Å². The number of carboxylic acids is 1. The van der Waals surface area contributed by atoms with Crippen LogP contribution in [0.5, 0.6) is 0 Å². The number of ether oxygens (including phenoxy) is 1. The van der Waals surface area contributed by atoms with Gasteiger partial charge in [-0.1, -0.05) is 22.5 Å². The van der Waals surface area contributed by atoms with Gasteiger partial charge in [0.2, 0.25) is 0 Å². The summed E-state index contributed by atoms with van der Waals surface area (Å²) in [5, 5.41) is 11.1. The Morgan fingerprint density at radius 2 is 2.18 bits per heavy atom. The van der Waals surface area contributed by atoms with Crippen molar-refractivity contribution in [3.05, 3.63) is 11.1 Å². The highest BCUT2D eigenvalue weighted by atomic mass is 79.9. The average molecular weight is 307 g/mol. The molecule has 2 amide bonds. The molecule has 1 aliphatic heterocycles. The first-order chi connectivity index (χ1) is 7.82. The van der Waals surface area contributed by atoms with Crippen LogP contribution in [-0.2, 0) is 9.53 Å². The number of aliphatic carboxylic acids is 1. The number of carboxylic acid groups (broad SMARTS) is 1. The smallest absolute Gasteiger partial charge is 0.329 e. The zero-order valence-electron chi connectivity index (χ0n) is 9.53. The minimum Gasteiger partial charge on any atom is -0.480 e. The molecule has 0 aromatic heterocycles. The van der Waals surface area contributed by atoms with Gasteiger partial charge in [0.05, 0.1) is 19.6 Å². The van der Waals surface area contributed by atoms with Crippen molar-refractivity contribution in [2.75, 3.05) is 26.2 Å². The summed E-state index contributed by atoms with van der Waals surface area (Å²) in [4.78, 5) is 23.4. The van der Waals surface area contributed by atoms with Crippen molar-refractivity contribution in [2.45, 2.75) is 12.5 Å². The molecule has 1 saturated heterocycles. The highest BCUT2D eigenvalue weighted by Crippen LogP contribution is 2.24. The van der Waals surface area contributed by atoms with Crippen molar-refractivity contribution in [2.24, 2.45) is 0 Å². The van der Waals surface area contributed by atoms with E-state index in [1.54, 1.807) is 11.8 Å². The van der Waals surface area contributed by atoms with Gasteiger partial charge in [-0.15, -0.1) is 0 Å². The van der Waals surface area contributed by atoms with Crippen LogP contribution < -0.4 is 5.32 Å². The zero-order valence-corrected chi connectivity index (χ0v) is 11.1. The van der Waals surface area contributed by atoms with Gasteiger partial charge in [0.25, 0.3) is 0 Å². The van der Waals surface area contributed by atoms with Crippen LogP contribution in [0.2, 0.25) is 0 Å². The number of amides is 2. The predicted molar refractivity (Wildman–Crippen MR) is 65.0 cm³/mol. The van der Waals surface area contributed by atoms with E-state index in [-0.39, 0.29) is 12.6 Å². The van der Waals surface area contributed by atoms with Crippen molar-refractivity contribution >= 4 is 27.9 Å². The number of nitrogens with zero attached hydrogens (tertiary/aromatic N) is 1. The van der Waals surface area contributed by atoms with Gasteiger partial charge in [0.15, 0.2) is 0 Å². The number of nitrogens with one attached hydrogen (secondary N) is 1. The molecular formula is C10H15BrN2O4. The van der Waals surface area contributed by atoms with E-state index in [9.17, 15) is 9.59 Å². The SMILES string of the molecule is C=C(Br)CNC(=O)N1CC(C)(OCC(=O)O)C1. The van der Waals surface area contributed by atoms with Gasteiger partial charge in [-0.25, -0.2) is 9.59 Å². The summed E-state index contributed by atoms with van der Waals surface area (Å²) in [5.41, 5.74) is -0.554. The number of hydrogen-bond donors (Lipinski definition) is 2. The second-order valence-corrected chi connectivity index (χ2v) is 5.29. The van der Waals surface area contributed by atoms with Crippen molar-refractivity contribution in [3.63, 3.8) is 0 Å². The summed E-state index contributed by atoms with van der Waals surface area (Å²) < 4.78 is 5.88. The van der Waals surface area contributed by atoms with E-state index in [2.05, 4.69) is 27.8 Å². The summed E-state index contributed by atoms with van der Waals surface area (Å²) in [6.07, 6.45) is 0. The molecule has 1 fully saturated rings. The maximum atomic E-state index is 11.5. The van der Waals surface area contributed by atoms with E-state index < -0.39 is 11.6 Å². The minimum atomic E-state index is -1.01. The largest absolute Gasteiger partial charge is 0.480 e. The normalized spacial score (nSPS) is 17.2. The number of rotatable bonds is 5. The molecule has 1 aliphatic rings. The molecule has 0 spiro atoms. The Morgan fingerprint density at radius 3 is 2.65 bits per heavy atom. The van der Waals surface area contributed by atoms with Crippen LogP contribution in [0, 0.1) is 0 Å². The lowest BCUT2D eigenvalue weighted by Crippen LogP contribution is -2.65. The summed E-state index contributed by atoms with van der Waals surface area (Å²) in [6.45, 7) is 6.18. The number of halogens is 1. The second-order valence-electron chi connectivity index (χ2n) is 4.16. The van der Waals surface area contributed by atoms with Gasteiger partial charge in [-0.05, 0) is 6.92 Å². The molecule has 1 rings (SSSR count). The Morgan fingerprint density at radius 1 is 1.59 bits per heavy atom. The molecule has 1 heterocycles. The van der Waals surface area contributed by atoms with Gasteiger partial charge in [0.1, 0.15) is 12.2 Å². The third-order valence-electron chi connectivity index (χ3n) is 2.31. The second kappa shape index (κ2) is 5.50. The molecule has 0 aromatic carbocycles. The van der Waals surface area contributed by atoms with E-state index in [4.69, 9.17) is 9.84 Å². The van der Waals surface area contributed by atoms with E-state index in [1.807, 2.05) is 0 Å². The monoisotopic (exact) mass is 306 g/mol. The van der Waals surface area contributed by atoms with Gasteiger partial charge >= 0.3 is 12.0 Å². The quantitative estimate of drug-likeness (QED) is 0.787. The van der Waals surface area contributed by atoms with Crippen LogP contribution in [0.3, 0.4) is 0 Å². The van der Waals surface area contributed by atoms with Crippen LogP contribution in [0.1, 0.15) is 6.92 Å². The Balaban J connectivity index is 2.27. The Hall–Kier alpha value is -1.08. The lowest BCUT2D eigenvalue weighted by molar-refractivity contribution is -0.159. The van der Waals surface area contributed by atoms with Crippen molar-refractivity contribution in [1.82, 2.24) is 10.2 Å². The number of carbonyl (C=O) groups excluding carboxylic acids is 1. The molecule has 0 atom stereocenters. The third kappa shape index (κ3) is 4.35. The first-order valence-corrected chi connectivity index (χ1v) is 5.83. The fourth-order valence-corrected chi connectivity index (χ4v) is 1.66. The van der Waals surface area contributed by atoms with Crippen LogP contribution in [0.4, 0.5) is 4.79 Å². The van der Waals surface area contributed by atoms with Gasteiger partial charge < -0.3 is 20.1 Å². The first-order valence-electron chi connectivity index (χ1n) is 5.04. The van der Waals surface area contributed by atoms with Crippen molar-refractivity contribution in [3.8, 4) is 0 Å². The zero-order chi connectivity index (χ0) is 13.1. The van der Waals surface area contributed by atoms with E-state index in [1.165, 1.54) is 0 Å². The number of urea groups is 1. The van der Waals surface area contributed by atoms with Crippen LogP contribution in [0.25, 0.3) is 0 Å². The Labute approximate surface area is 108 Å². The predicted octanol–water partition coefficient (Wildman–Crippen LogP) is 0.780. The summed E-state index contributed by atoms with van der Waals surface area (Å²) in [7, 11) is 0. The lowest BCUT2D eigenvalue weighted by Gasteiger charge is -2.46. The fourth-order valence-electron chi connectivity index (χ4n) is 1.52. The number of carbonyl (C=O) groups is 2. The highest BCUT2D eigenvalue weighted by molar-refractivity contribution is 9.11. The minimum absolute atomic E-state index is 0.206. The standard InChI is InChI=1S/C10H15BrN2O4/c1-7(11)3-12-9(16)13-5-10(2,6-13)17-4-8(14)15/h1,3-6H2,2H3,(H,12,16)(H,14,15). The summed E-state index contributed by atoms with van der Waals surface area (Å²) in [6, 6.07) is -0.206. The van der Waals surface area contributed by atoms with E-state index in [0.29, 0.717) is 24.1 Å². The van der Waals surface area contributed by atoms with Crippen molar-refractivity contribution < 1.29 is 19.4 Å². The topological polar surface area (TPSA) is 78.9 Å². The Bertz CT molecular complexity index is 339. The fraction of sp³-hybridized carbons (Fsp3) is 0.600. The first kappa shape index (κ1) is 14.0. The van der Waals surface area contributed by atoms with Gasteiger partial charge in [-0.2, -0.15) is 0 Å². The number of hydrogen-bond acceptors (Lipinski definition) is 3. The highest BCUT2D eigenvalue weighted by Gasteiger charge is 2.42. The maximum Gasteiger partial charge on any atom is 0.329 e. The third-order valence-corrected chi connectivity index (χ3v) is 2.59. The molecule has 7 heteroatoms. The van der Waals surface area contributed by atoms with Crippen LogP contribution in [0.15, 0.2) is 11.1 Å². The maximum absolute atomic E-state index is 11.5. The molecule has 0 aromatic rings. The summed E-state index contributed by atoms with van der Waals surface area (Å²) in [5.74, 6) is -1.01. The molecule has 0 aliphatic carbocycles. The van der Waals surface area contributed by atoms with Crippen LogP contribution in [-0.4, -0.2) is 53.8 Å².